The Morgan fingerprint density at radius 2 is 2.39 bits per heavy atom. The normalized spacial score (nSPS) is 25.2. The summed E-state index contributed by atoms with van der Waals surface area (Å²) in [5, 5.41) is 3.46. The quantitative estimate of drug-likeness (QED) is 0.843. The highest BCUT2D eigenvalue weighted by molar-refractivity contribution is 5.07. The summed E-state index contributed by atoms with van der Waals surface area (Å²) >= 11 is 0. The molecule has 1 unspecified atom stereocenters. The van der Waals surface area contributed by atoms with Crippen molar-refractivity contribution in [1.29, 1.82) is 0 Å². The summed E-state index contributed by atoms with van der Waals surface area (Å²) in [6.45, 7) is 4.89. The molecule has 1 N–H and O–H groups in total. The number of rotatable bonds is 5. The second-order valence-corrected chi connectivity index (χ2v) is 5.21. The first-order chi connectivity index (χ1) is 8.92. The van der Waals surface area contributed by atoms with Crippen LogP contribution in [0.25, 0.3) is 0 Å². The summed E-state index contributed by atoms with van der Waals surface area (Å²) in [5.74, 6) is 0. The molecule has 2 heterocycles. The van der Waals surface area contributed by atoms with Gasteiger partial charge in [0.15, 0.2) is 0 Å². The van der Waals surface area contributed by atoms with E-state index in [0.717, 1.165) is 38.8 Å². The molecule has 1 aliphatic carbocycles. The van der Waals surface area contributed by atoms with Gasteiger partial charge in [0.05, 0.1) is 12.7 Å². The van der Waals surface area contributed by atoms with Gasteiger partial charge in [0.25, 0.3) is 0 Å². The molecule has 18 heavy (non-hydrogen) atoms. The fourth-order valence-electron chi connectivity index (χ4n) is 2.52. The summed E-state index contributed by atoms with van der Waals surface area (Å²) in [5.41, 5.74) is 1.23. The molecule has 1 aliphatic heterocycles. The highest BCUT2D eigenvalue weighted by Crippen LogP contribution is 2.28. The Hall–Kier alpha value is -0.970. The van der Waals surface area contributed by atoms with E-state index in [-0.39, 0.29) is 0 Å². The zero-order valence-electron chi connectivity index (χ0n) is 10.7. The fourth-order valence-corrected chi connectivity index (χ4v) is 2.52. The predicted molar refractivity (Wildman–Crippen MR) is 70.3 cm³/mol. The minimum absolute atomic E-state index is 0.344. The lowest BCUT2D eigenvalue weighted by molar-refractivity contribution is -0.0301. The van der Waals surface area contributed by atoms with Crippen LogP contribution >= 0.6 is 0 Å². The maximum absolute atomic E-state index is 5.80. The SMILES string of the molecule is c1cncc(CNCC2CN(C3CC3)CCO2)c1. The average Bonchev–Trinajstić information content (AvgIpc) is 3.25. The van der Waals surface area contributed by atoms with Gasteiger partial charge in [0.2, 0.25) is 0 Å². The maximum atomic E-state index is 5.80. The molecule has 0 amide bonds. The molecule has 0 aromatic carbocycles. The number of hydrogen-bond acceptors (Lipinski definition) is 4. The highest BCUT2D eigenvalue weighted by atomic mass is 16.5. The third-order valence-corrected chi connectivity index (χ3v) is 3.66. The molecular weight excluding hydrogens is 226 g/mol. The molecular formula is C14H21N3O. The summed E-state index contributed by atoms with van der Waals surface area (Å²) < 4.78 is 5.80. The Balaban J connectivity index is 1.40. The maximum Gasteiger partial charge on any atom is 0.0826 e. The molecule has 1 aromatic heterocycles. The van der Waals surface area contributed by atoms with Crippen molar-refractivity contribution in [3.8, 4) is 0 Å². The van der Waals surface area contributed by atoms with Crippen LogP contribution in [0.2, 0.25) is 0 Å². The Morgan fingerprint density at radius 1 is 1.44 bits per heavy atom. The lowest BCUT2D eigenvalue weighted by Crippen LogP contribution is -2.47. The van der Waals surface area contributed by atoms with Crippen molar-refractivity contribution >= 4 is 0 Å². The number of morpholine rings is 1. The topological polar surface area (TPSA) is 37.4 Å². The van der Waals surface area contributed by atoms with Gasteiger partial charge in [-0.3, -0.25) is 9.88 Å². The van der Waals surface area contributed by atoms with Crippen LogP contribution in [0, 0.1) is 0 Å². The molecule has 0 spiro atoms. The third-order valence-electron chi connectivity index (χ3n) is 3.66. The van der Waals surface area contributed by atoms with Crippen molar-refractivity contribution in [3.05, 3.63) is 30.1 Å². The van der Waals surface area contributed by atoms with E-state index in [1.165, 1.54) is 18.4 Å². The van der Waals surface area contributed by atoms with E-state index < -0.39 is 0 Å². The number of pyridine rings is 1. The van der Waals surface area contributed by atoms with Gasteiger partial charge < -0.3 is 10.1 Å². The second kappa shape index (κ2) is 5.78. The molecule has 2 aliphatic rings. The Bertz CT molecular complexity index is 367. The van der Waals surface area contributed by atoms with Crippen LogP contribution < -0.4 is 5.32 Å². The average molecular weight is 247 g/mol. The predicted octanol–water partition coefficient (Wildman–Crippen LogP) is 1.03. The Morgan fingerprint density at radius 3 is 3.17 bits per heavy atom. The Labute approximate surface area is 108 Å². The first kappa shape index (κ1) is 12.1. The fraction of sp³-hybridized carbons (Fsp3) is 0.643. The standard InChI is InChI=1S/C14H21N3O/c1-2-12(8-15-5-1)9-16-10-14-11-17(6-7-18-14)13-3-4-13/h1-2,5,8,13-14,16H,3-4,6-7,9-11H2. The van der Waals surface area contributed by atoms with Gasteiger partial charge in [0.1, 0.15) is 0 Å². The van der Waals surface area contributed by atoms with E-state index in [0.29, 0.717) is 6.10 Å². The zero-order chi connectivity index (χ0) is 12.2. The largest absolute Gasteiger partial charge is 0.374 e. The van der Waals surface area contributed by atoms with Crippen molar-refractivity contribution in [2.45, 2.75) is 31.5 Å². The number of hydrogen-bond donors (Lipinski definition) is 1. The number of aromatic nitrogens is 1. The molecule has 98 valence electrons. The lowest BCUT2D eigenvalue weighted by atomic mass is 10.2. The van der Waals surface area contributed by atoms with E-state index >= 15 is 0 Å². The molecule has 4 nitrogen and oxygen atoms in total. The Kier molecular flexibility index (Phi) is 3.88. The molecule has 0 bridgehead atoms. The summed E-state index contributed by atoms with van der Waals surface area (Å²) in [6.07, 6.45) is 6.83. The molecule has 1 atom stereocenters. The van der Waals surface area contributed by atoms with Crippen LogP contribution in [-0.4, -0.2) is 48.3 Å². The molecule has 1 aromatic rings. The molecule has 1 saturated heterocycles. The first-order valence-corrected chi connectivity index (χ1v) is 6.87. The highest BCUT2D eigenvalue weighted by Gasteiger charge is 2.32. The number of ether oxygens (including phenoxy) is 1. The van der Waals surface area contributed by atoms with Crippen molar-refractivity contribution in [3.63, 3.8) is 0 Å². The van der Waals surface area contributed by atoms with Crippen LogP contribution in [-0.2, 0) is 11.3 Å². The van der Waals surface area contributed by atoms with Gasteiger partial charge in [-0.05, 0) is 24.5 Å². The summed E-state index contributed by atoms with van der Waals surface area (Å²) in [4.78, 5) is 6.70. The van der Waals surface area contributed by atoms with E-state index in [9.17, 15) is 0 Å². The number of nitrogens with zero attached hydrogens (tertiary/aromatic N) is 2. The van der Waals surface area contributed by atoms with Crippen molar-refractivity contribution in [2.75, 3.05) is 26.2 Å². The van der Waals surface area contributed by atoms with Crippen LogP contribution in [0.5, 0.6) is 0 Å². The van der Waals surface area contributed by atoms with Crippen molar-refractivity contribution in [2.24, 2.45) is 0 Å². The van der Waals surface area contributed by atoms with Gasteiger partial charge in [0, 0.05) is 44.6 Å². The monoisotopic (exact) mass is 247 g/mol. The smallest absolute Gasteiger partial charge is 0.0826 e. The molecule has 2 fully saturated rings. The van der Waals surface area contributed by atoms with Crippen molar-refractivity contribution < 1.29 is 4.74 Å². The van der Waals surface area contributed by atoms with Gasteiger partial charge in [-0.2, -0.15) is 0 Å². The summed E-state index contributed by atoms with van der Waals surface area (Å²) in [7, 11) is 0. The van der Waals surface area contributed by atoms with E-state index in [2.05, 4.69) is 21.3 Å². The van der Waals surface area contributed by atoms with E-state index in [1.54, 1.807) is 6.20 Å². The van der Waals surface area contributed by atoms with Crippen LogP contribution in [0.4, 0.5) is 0 Å². The zero-order valence-corrected chi connectivity index (χ0v) is 10.7. The van der Waals surface area contributed by atoms with E-state index in [1.807, 2.05) is 12.3 Å². The van der Waals surface area contributed by atoms with Gasteiger partial charge in [-0.15, -0.1) is 0 Å². The van der Waals surface area contributed by atoms with E-state index in [4.69, 9.17) is 4.74 Å². The lowest BCUT2D eigenvalue weighted by Gasteiger charge is -2.33. The van der Waals surface area contributed by atoms with Gasteiger partial charge in [-0.25, -0.2) is 0 Å². The van der Waals surface area contributed by atoms with Crippen LogP contribution in [0.3, 0.4) is 0 Å². The van der Waals surface area contributed by atoms with Crippen LogP contribution in [0.1, 0.15) is 18.4 Å². The molecule has 4 heteroatoms. The molecule has 0 radical (unpaired) electrons. The van der Waals surface area contributed by atoms with Gasteiger partial charge in [-0.1, -0.05) is 6.07 Å². The third kappa shape index (κ3) is 3.28. The van der Waals surface area contributed by atoms with Crippen molar-refractivity contribution in [1.82, 2.24) is 15.2 Å². The number of nitrogens with one attached hydrogen (secondary N) is 1. The van der Waals surface area contributed by atoms with Gasteiger partial charge >= 0.3 is 0 Å². The minimum Gasteiger partial charge on any atom is -0.374 e. The van der Waals surface area contributed by atoms with Crippen LogP contribution in [0.15, 0.2) is 24.5 Å². The molecule has 1 saturated carbocycles. The first-order valence-electron chi connectivity index (χ1n) is 6.87. The summed E-state index contributed by atoms with van der Waals surface area (Å²) in [6, 6.07) is 4.93. The second-order valence-electron chi connectivity index (χ2n) is 5.21. The molecule has 3 rings (SSSR count). The minimum atomic E-state index is 0.344.